The SMILES string of the molecule is Cc1cc([C@@H](C)Nc2ccc(Cl)nc2C(=O)O)c2nc(N3CCOC[C@H]3C)c(C#N)nc2c1. The van der Waals surface area contributed by atoms with E-state index >= 15 is 0 Å². The Hall–Kier alpha value is -3.48. The van der Waals surface area contributed by atoms with Gasteiger partial charge in [-0.15, -0.1) is 0 Å². The summed E-state index contributed by atoms with van der Waals surface area (Å²) in [4.78, 5) is 27.1. The molecule has 1 aliphatic heterocycles. The molecule has 1 saturated heterocycles. The third-order valence-corrected chi connectivity index (χ3v) is 5.78. The van der Waals surface area contributed by atoms with E-state index in [1.807, 2.05) is 37.8 Å². The van der Waals surface area contributed by atoms with Crippen LogP contribution in [0.5, 0.6) is 0 Å². The van der Waals surface area contributed by atoms with E-state index in [0.717, 1.165) is 11.1 Å². The standard InChI is InChI=1S/C23H23ClN6O3/c1-12-8-15(14(3)26-16-4-5-19(24)28-21(16)23(31)32)20-17(9-12)27-18(10-25)22(29-20)30-6-7-33-11-13(30)2/h4-5,8-9,13-14,26H,6-7,11H2,1-3H3,(H,31,32)/t13-,14-/m1/s1. The maximum atomic E-state index is 11.6. The second kappa shape index (κ2) is 9.17. The van der Waals surface area contributed by atoms with Crippen LogP contribution in [0.3, 0.4) is 0 Å². The smallest absolute Gasteiger partial charge is 0.356 e. The van der Waals surface area contributed by atoms with Gasteiger partial charge in [-0.2, -0.15) is 5.26 Å². The lowest BCUT2D eigenvalue weighted by Crippen LogP contribution is -2.44. The van der Waals surface area contributed by atoms with Gasteiger partial charge in [0.2, 0.25) is 0 Å². The molecule has 33 heavy (non-hydrogen) atoms. The van der Waals surface area contributed by atoms with Gasteiger partial charge in [0.1, 0.15) is 11.2 Å². The maximum Gasteiger partial charge on any atom is 0.356 e. The number of hydrogen-bond acceptors (Lipinski definition) is 8. The van der Waals surface area contributed by atoms with E-state index in [4.69, 9.17) is 21.3 Å². The molecule has 9 nitrogen and oxygen atoms in total. The third-order valence-electron chi connectivity index (χ3n) is 5.57. The van der Waals surface area contributed by atoms with Crippen LogP contribution in [0.1, 0.15) is 47.2 Å². The number of fused-ring (bicyclic) bond motifs is 1. The minimum Gasteiger partial charge on any atom is -0.476 e. The summed E-state index contributed by atoms with van der Waals surface area (Å²) >= 11 is 5.88. The third kappa shape index (κ3) is 4.53. The second-order valence-electron chi connectivity index (χ2n) is 8.05. The average molecular weight is 467 g/mol. The van der Waals surface area contributed by atoms with Crippen LogP contribution in [0.2, 0.25) is 5.15 Å². The Morgan fingerprint density at radius 3 is 2.85 bits per heavy atom. The Bertz CT molecular complexity index is 1280. The van der Waals surface area contributed by atoms with Gasteiger partial charge in [0.15, 0.2) is 17.2 Å². The van der Waals surface area contributed by atoms with E-state index in [2.05, 4.69) is 21.4 Å². The summed E-state index contributed by atoms with van der Waals surface area (Å²) in [5.74, 6) is -0.652. The van der Waals surface area contributed by atoms with E-state index in [-0.39, 0.29) is 28.6 Å². The van der Waals surface area contributed by atoms with Crippen LogP contribution < -0.4 is 10.2 Å². The first-order chi connectivity index (χ1) is 15.8. The Morgan fingerprint density at radius 1 is 1.36 bits per heavy atom. The van der Waals surface area contributed by atoms with Crippen LogP contribution in [0.4, 0.5) is 11.5 Å². The van der Waals surface area contributed by atoms with E-state index in [1.165, 1.54) is 6.07 Å². The number of halogens is 1. The van der Waals surface area contributed by atoms with Gasteiger partial charge < -0.3 is 20.1 Å². The summed E-state index contributed by atoms with van der Waals surface area (Å²) < 4.78 is 5.53. The molecule has 4 rings (SSSR count). The number of hydrogen-bond donors (Lipinski definition) is 2. The number of nitriles is 1. The van der Waals surface area contributed by atoms with E-state index < -0.39 is 5.97 Å². The first kappa shape index (κ1) is 22.7. The first-order valence-corrected chi connectivity index (χ1v) is 10.9. The lowest BCUT2D eigenvalue weighted by Gasteiger charge is -2.34. The van der Waals surface area contributed by atoms with Crippen molar-refractivity contribution in [3.05, 3.63) is 51.9 Å². The molecule has 3 aromatic rings. The van der Waals surface area contributed by atoms with Crippen molar-refractivity contribution in [1.82, 2.24) is 15.0 Å². The molecule has 0 spiro atoms. The molecule has 3 heterocycles. The molecule has 0 amide bonds. The molecular formula is C23H23ClN6O3. The second-order valence-corrected chi connectivity index (χ2v) is 8.44. The van der Waals surface area contributed by atoms with E-state index in [0.29, 0.717) is 42.3 Å². The zero-order chi connectivity index (χ0) is 23.7. The van der Waals surface area contributed by atoms with Gasteiger partial charge in [-0.05, 0) is 44.5 Å². The molecule has 0 radical (unpaired) electrons. The number of aromatic carboxylic acids is 1. The Balaban J connectivity index is 1.81. The molecule has 0 bridgehead atoms. The first-order valence-electron chi connectivity index (χ1n) is 10.5. The fourth-order valence-corrected chi connectivity index (χ4v) is 4.14. The van der Waals surface area contributed by atoms with Crippen LogP contribution in [-0.4, -0.2) is 51.8 Å². The molecule has 10 heteroatoms. The fourth-order valence-electron chi connectivity index (χ4n) is 4.00. The van der Waals surface area contributed by atoms with Crippen LogP contribution in [0.25, 0.3) is 11.0 Å². The summed E-state index contributed by atoms with van der Waals surface area (Å²) in [5.41, 5.74) is 3.48. The van der Waals surface area contributed by atoms with Crippen molar-refractivity contribution in [2.75, 3.05) is 30.0 Å². The fraction of sp³-hybridized carbons (Fsp3) is 0.348. The summed E-state index contributed by atoms with van der Waals surface area (Å²) in [6.45, 7) is 7.58. The topological polar surface area (TPSA) is 124 Å². The van der Waals surface area contributed by atoms with Gasteiger partial charge in [-0.1, -0.05) is 17.7 Å². The molecule has 0 unspecified atom stereocenters. The quantitative estimate of drug-likeness (QED) is 0.537. The van der Waals surface area contributed by atoms with Crippen molar-refractivity contribution in [1.29, 1.82) is 5.26 Å². The van der Waals surface area contributed by atoms with Crippen LogP contribution in [0, 0.1) is 18.3 Å². The number of nitrogens with zero attached hydrogens (tertiary/aromatic N) is 5. The van der Waals surface area contributed by atoms with Crippen molar-refractivity contribution < 1.29 is 14.6 Å². The van der Waals surface area contributed by atoms with Gasteiger partial charge >= 0.3 is 5.97 Å². The van der Waals surface area contributed by atoms with Gasteiger partial charge in [0.05, 0.1) is 42.0 Å². The molecule has 0 saturated carbocycles. The molecule has 2 atom stereocenters. The lowest BCUT2D eigenvalue weighted by atomic mass is 10.0. The summed E-state index contributed by atoms with van der Waals surface area (Å²) in [7, 11) is 0. The van der Waals surface area contributed by atoms with Crippen LogP contribution in [0.15, 0.2) is 24.3 Å². The number of nitrogens with one attached hydrogen (secondary N) is 1. The van der Waals surface area contributed by atoms with Crippen molar-refractivity contribution in [3.63, 3.8) is 0 Å². The highest BCUT2D eigenvalue weighted by Crippen LogP contribution is 2.31. The van der Waals surface area contributed by atoms with Crippen molar-refractivity contribution in [2.24, 2.45) is 0 Å². The number of anilines is 2. The number of ether oxygens (including phenoxy) is 1. The van der Waals surface area contributed by atoms with Gasteiger partial charge in [-0.25, -0.2) is 19.7 Å². The molecular weight excluding hydrogens is 444 g/mol. The van der Waals surface area contributed by atoms with Gasteiger partial charge in [0, 0.05) is 12.1 Å². The molecule has 170 valence electrons. The Morgan fingerprint density at radius 2 is 2.15 bits per heavy atom. The average Bonchev–Trinajstić information content (AvgIpc) is 2.79. The highest BCUT2D eigenvalue weighted by molar-refractivity contribution is 6.29. The van der Waals surface area contributed by atoms with Crippen molar-refractivity contribution >= 4 is 40.1 Å². The van der Waals surface area contributed by atoms with E-state index in [9.17, 15) is 15.2 Å². The van der Waals surface area contributed by atoms with Crippen molar-refractivity contribution in [2.45, 2.75) is 32.9 Å². The molecule has 1 aliphatic rings. The number of carboxylic acids is 1. The normalized spacial score (nSPS) is 16.9. The largest absolute Gasteiger partial charge is 0.476 e. The highest BCUT2D eigenvalue weighted by atomic mass is 35.5. The molecule has 2 aromatic heterocycles. The van der Waals surface area contributed by atoms with E-state index in [1.54, 1.807) is 6.07 Å². The molecule has 0 aliphatic carbocycles. The highest BCUT2D eigenvalue weighted by Gasteiger charge is 2.25. The van der Waals surface area contributed by atoms with Crippen molar-refractivity contribution in [3.8, 4) is 6.07 Å². The van der Waals surface area contributed by atoms with Gasteiger partial charge in [-0.3, -0.25) is 0 Å². The van der Waals surface area contributed by atoms with Gasteiger partial charge in [0.25, 0.3) is 0 Å². The monoisotopic (exact) mass is 466 g/mol. The Kier molecular flexibility index (Phi) is 6.31. The number of morpholine rings is 1. The zero-order valence-corrected chi connectivity index (χ0v) is 19.2. The number of pyridine rings is 1. The summed E-state index contributed by atoms with van der Waals surface area (Å²) in [6, 6.07) is 8.91. The maximum absolute atomic E-state index is 11.6. The summed E-state index contributed by atoms with van der Waals surface area (Å²) in [5, 5.41) is 22.6. The number of aromatic nitrogens is 3. The summed E-state index contributed by atoms with van der Waals surface area (Å²) in [6.07, 6.45) is 0. The Labute approximate surface area is 196 Å². The number of rotatable bonds is 5. The molecule has 1 fully saturated rings. The number of aryl methyl sites for hydroxylation is 1. The number of carboxylic acid groups (broad SMARTS) is 1. The molecule has 1 aromatic carbocycles. The molecule has 2 N–H and O–H groups in total. The van der Waals surface area contributed by atoms with Crippen LogP contribution in [-0.2, 0) is 4.74 Å². The number of benzene rings is 1. The van der Waals surface area contributed by atoms with Crippen LogP contribution >= 0.6 is 11.6 Å². The minimum atomic E-state index is -1.18. The lowest BCUT2D eigenvalue weighted by molar-refractivity contribution is 0.0691. The minimum absolute atomic E-state index is 0.0558. The number of carbonyl (C=O) groups is 1. The predicted octanol–water partition coefficient (Wildman–Crippen LogP) is 3.95. The zero-order valence-electron chi connectivity index (χ0n) is 18.5. The predicted molar refractivity (Wildman–Crippen MR) is 125 cm³/mol.